The lowest BCUT2D eigenvalue weighted by atomic mass is 10.1. The molecule has 1 amide bonds. The molecule has 0 saturated carbocycles. The largest absolute Gasteiger partial charge is 0.468 e. The van der Waals surface area contributed by atoms with Crippen molar-refractivity contribution in [3.05, 3.63) is 91.6 Å². The zero-order valence-corrected chi connectivity index (χ0v) is 15.0. The number of amides is 1. The van der Waals surface area contributed by atoms with Crippen LogP contribution in [0.3, 0.4) is 0 Å². The van der Waals surface area contributed by atoms with Crippen molar-refractivity contribution < 1.29 is 9.53 Å². The van der Waals surface area contributed by atoms with Gasteiger partial charge < -0.3 is 14.6 Å². The summed E-state index contributed by atoms with van der Waals surface area (Å²) in [5, 5.41) is 2.82. The molecule has 2 aromatic carbocycles. The van der Waals surface area contributed by atoms with Crippen LogP contribution >= 0.6 is 0 Å². The SMILES string of the molecule is O=C(COc1ccc(-n2ccnc2)cn1)Nc1ccc(-c2ccccc2)cc1. The van der Waals surface area contributed by atoms with Crippen molar-refractivity contribution >= 4 is 11.6 Å². The molecule has 138 valence electrons. The Balaban J connectivity index is 1.31. The monoisotopic (exact) mass is 370 g/mol. The van der Waals surface area contributed by atoms with Crippen molar-refractivity contribution in [2.75, 3.05) is 11.9 Å². The molecule has 4 rings (SSSR count). The first-order chi connectivity index (χ1) is 13.8. The molecule has 0 spiro atoms. The van der Waals surface area contributed by atoms with E-state index in [0.29, 0.717) is 5.88 Å². The van der Waals surface area contributed by atoms with Crippen molar-refractivity contribution in [2.45, 2.75) is 0 Å². The Labute approximate surface area is 162 Å². The normalized spacial score (nSPS) is 10.4. The highest BCUT2D eigenvalue weighted by Crippen LogP contribution is 2.21. The van der Waals surface area contributed by atoms with Gasteiger partial charge in [-0.15, -0.1) is 0 Å². The van der Waals surface area contributed by atoms with Gasteiger partial charge in [0.25, 0.3) is 5.91 Å². The molecule has 0 radical (unpaired) electrons. The number of nitrogens with zero attached hydrogens (tertiary/aromatic N) is 3. The predicted molar refractivity (Wildman–Crippen MR) is 107 cm³/mol. The first kappa shape index (κ1) is 17.5. The van der Waals surface area contributed by atoms with Crippen LogP contribution in [0.5, 0.6) is 5.88 Å². The van der Waals surface area contributed by atoms with Gasteiger partial charge in [0.05, 0.1) is 18.2 Å². The Morgan fingerprint density at radius 1 is 0.964 bits per heavy atom. The lowest BCUT2D eigenvalue weighted by molar-refractivity contribution is -0.118. The van der Waals surface area contributed by atoms with Crippen LogP contribution in [0, 0.1) is 0 Å². The average Bonchev–Trinajstić information content (AvgIpc) is 3.29. The third-order valence-electron chi connectivity index (χ3n) is 4.15. The van der Waals surface area contributed by atoms with Gasteiger partial charge in [0.2, 0.25) is 5.88 Å². The van der Waals surface area contributed by atoms with Gasteiger partial charge in [-0.2, -0.15) is 0 Å². The summed E-state index contributed by atoms with van der Waals surface area (Å²) in [5.41, 5.74) is 3.82. The average molecular weight is 370 g/mol. The molecular formula is C22H18N4O2. The number of pyridine rings is 1. The molecule has 0 atom stereocenters. The van der Waals surface area contributed by atoms with E-state index in [1.54, 1.807) is 24.8 Å². The Hall–Kier alpha value is -3.93. The lowest BCUT2D eigenvalue weighted by Gasteiger charge is -2.08. The summed E-state index contributed by atoms with van der Waals surface area (Å²) in [6.45, 7) is -0.113. The Morgan fingerprint density at radius 2 is 1.75 bits per heavy atom. The smallest absolute Gasteiger partial charge is 0.262 e. The number of hydrogen-bond donors (Lipinski definition) is 1. The molecule has 2 heterocycles. The Kier molecular flexibility index (Phi) is 5.11. The van der Waals surface area contributed by atoms with Crippen molar-refractivity contribution in [3.63, 3.8) is 0 Å². The van der Waals surface area contributed by atoms with Crippen LogP contribution in [-0.4, -0.2) is 27.0 Å². The molecule has 0 aliphatic rings. The summed E-state index contributed by atoms with van der Waals surface area (Å²) >= 11 is 0. The number of hydrogen-bond acceptors (Lipinski definition) is 4. The molecule has 0 aliphatic carbocycles. The fourth-order valence-corrected chi connectivity index (χ4v) is 2.74. The summed E-state index contributed by atoms with van der Waals surface area (Å²) in [4.78, 5) is 20.3. The standard InChI is InChI=1S/C22H18N4O2/c27-21(15-28-22-11-10-20(14-24-22)26-13-12-23-16-26)25-19-8-6-18(7-9-19)17-4-2-1-3-5-17/h1-14,16H,15H2,(H,25,27). The topological polar surface area (TPSA) is 69.0 Å². The van der Waals surface area contributed by atoms with Crippen molar-refractivity contribution in [1.29, 1.82) is 0 Å². The van der Waals surface area contributed by atoms with Crippen LogP contribution in [0.15, 0.2) is 91.6 Å². The van der Waals surface area contributed by atoms with E-state index in [-0.39, 0.29) is 12.5 Å². The molecule has 0 saturated heterocycles. The third-order valence-corrected chi connectivity index (χ3v) is 4.15. The Bertz CT molecular complexity index is 1030. The molecule has 1 N–H and O–H groups in total. The van der Waals surface area contributed by atoms with E-state index in [4.69, 9.17) is 4.74 Å². The maximum atomic E-state index is 12.1. The Morgan fingerprint density at radius 3 is 2.43 bits per heavy atom. The fraction of sp³-hybridized carbons (Fsp3) is 0.0455. The second-order valence-corrected chi connectivity index (χ2v) is 6.10. The summed E-state index contributed by atoms with van der Waals surface area (Å²) < 4.78 is 7.29. The van der Waals surface area contributed by atoms with Crippen molar-refractivity contribution in [2.24, 2.45) is 0 Å². The predicted octanol–water partition coefficient (Wildman–Crippen LogP) is 3.95. The number of ether oxygens (including phenoxy) is 1. The van der Waals surface area contributed by atoms with Crippen LogP contribution in [0.4, 0.5) is 5.69 Å². The molecule has 0 fully saturated rings. The van der Waals surface area contributed by atoms with Crippen LogP contribution in [0.2, 0.25) is 0 Å². The molecule has 0 bridgehead atoms. The van der Waals surface area contributed by atoms with Crippen molar-refractivity contribution in [3.8, 4) is 22.7 Å². The van der Waals surface area contributed by atoms with Gasteiger partial charge in [0, 0.05) is 24.1 Å². The van der Waals surface area contributed by atoms with Gasteiger partial charge in [-0.3, -0.25) is 4.79 Å². The van der Waals surface area contributed by atoms with Gasteiger partial charge in [-0.25, -0.2) is 9.97 Å². The quantitative estimate of drug-likeness (QED) is 0.558. The molecule has 6 heteroatoms. The molecule has 6 nitrogen and oxygen atoms in total. The molecule has 0 aliphatic heterocycles. The number of rotatable bonds is 6. The summed E-state index contributed by atoms with van der Waals surface area (Å²) in [7, 11) is 0. The minimum atomic E-state index is -0.243. The zero-order chi connectivity index (χ0) is 19.2. The molecule has 4 aromatic rings. The highest BCUT2D eigenvalue weighted by atomic mass is 16.5. The summed E-state index contributed by atoms with van der Waals surface area (Å²) in [6, 6.07) is 21.3. The number of imidazole rings is 1. The maximum absolute atomic E-state index is 12.1. The molecule has 28 heavy (non-hydrogen) atoms. The number of carbonyl (C=O) groups excluding carboxylic acids is 1. The van der Waals surface area contributed by atoms with Crippen LogP contribution in [0.1, 0.15) is 0 Å². The van der Waals surface area contributed by atoms with Gasteiger partial charge >= 0.3 is 0 Å². The number of benzene rings is 2. The molecule has 2 aromatic heterocycles. The minimum Gasteiger partial charge on any atom is -0.468 e. The third kappa shape index (κ3) is 4.24. The number of aromatic nitrogens is 3. The summed E-state index contributed by atoms with van der Waals surface area (Å²) in [5.74, 6) is 0.145. The minimum absolute atomic E-state index is 0.113. The lowest BCUT2D eigenvalue weighted by Crippen LogP contribution is -2.20. The van der Waals surface area contributed by atoms with E-state index in [2.05, 4.69) is 15.3 Å². The molecular weight excluding hydrogens is 352 g/mol. The van der Waals surface area contributed by atoms with Gasteiger partial charge in [-0.05, 0) is 29.3 Å². The number of anilines is 1. The second kappa shape index (κ2) is 8.18. The van der Waals surface area contributed by atoms with Crippen LogP contribution < -0.4 is 10.1 Å². The van der Waals surface area contributed by atoms with Gasteiger partial charge in [0.15, 0.2) is 6.61 Å². The zero-order valence-electron chi connectivity index (χ0n) is 15.0. The highest BCUT2D eigenvalue weighted by Gasteiger charge is 2.06. The van der Waals surface area contributed by atoms with E-state index in [0.717, 1.165) is 22.5 Å². The first-order valence-corrected chi connectivity index (χ1v) is 8.80. The van der Waals surface area contributed by atoms with E-state index in [1.807, 2.05) is 71.4 Å². The van der Waals surface area contributed by atoms with E-state index >= 15 is 0 Å². The highest BCUT2D eigenvalue weighted by molar-refractivity contribution is 5.92. The van der Waals surface area contributed by atoms with Crippen molar-refractivity contribution in [1.82, 2.24) is 14.5 Å². The first-order valence-electron chi connectivity index (χ1n) is 8.80. The molecule has 0 unspecified atom stereocenters. The number of nitrogens with one attached hydrogen (secondary N) is 1. The maximum Gasteiger partial charge on any atom is 0.262 e. The van der Waals surface area contributed by atoms with Gasteiger partial charge in [-0.1, -0.05) is 42.5 Å². The number of carbonyl (C=O) groups is 1. The van der Waals surface area contributed by atoms with Crippen LogP contribution in [-0.2, 0) is 4.79 Å². The van der Waals surface area contributed by atoms with E-state index < -0.39 is 0 Å². The van der Waals surface area contributed by atoms with Gasteiger partial charge in [0.1, 0.15) is 0 Å². The van der Waals surface area contributed by atoms with Crippen LogP contribution in [0.25, 0.3) is 16.8 Å². The van der Waals surface area contributed by atoms with E-state index in [9.17, 15) is 4.79 Å². The van der Waals surface area contributed by atoms with E-state index in [1.165, 1.54) is 0 Å². The second-order valence-electron chi connectivity index (χ2n) is 6.10. The summed E-state index contributed by atoms with van der Waals surface area (Å²) in [6.07, 6.45) is 6.88. The fourth-order valence-electron chi connectivity index (χ4n) is 2.74.